The number of amides is 4. The first kappa shape index (κ1) is 30.3. The molecule has 40 heavy (non-hydrogen) atoms. The van der Waals surface area contributed by atoms with Gasteiger partial charge in [0.15, 0.2) is 0 Å². The van der Waals surface area contributed by atoms with E-state index < -0.39 is 47.7 Å². The van der Waals surface area contributed by atoms with Crippen LogP contribution in [0.3, 0.4) is 0 Å². The van der Waals surface area contributed by atoms with Gasteiger partial charge in [-0.1, -0.05) is 58.0 Å². The van der Waals surface area contributed by atoms with Crippen LogP contribution < -0.4 is 21.3 Å². The number of rotatable bonds is 10. The third-order valence-electron chi connectivity index (χ3n) is 6.38. The van der Waals surface area contributed by atoms with Gasteiger partial charge >= 0.3 is 6.09 Å². The summed E-state index contributed by atoms with van der Waals surface area (Å²) in [5.74, 6) is -3.07. The van der Waals surface area contributed by atoms with Crippen LogP contribution in [0.15, 0.2) is 42.9 Å². The summed E-state index contributed by atoms with van der Waals surface area (Å²) in [6.07, 6.45) is 3.29. The van der Waals surface area contributed by atoms with Gasteiger partial charge in [-0.15, -0.1) is 0 Å². The van der Waals surface area contributed by atoms with E-state index in [1.165, 1.54) is 0 Å². The molecule has 1 aliphatic heterocycles. The largest absolute Gasteiger partial charge is 0.445 e. The number of carbonyl (C=O) groups excluding carboxylic acids is 5. The number of fused-ring (bicyclic) bond motifs is 2. The predicted molar refractivity (Wildman–Crippen MR) is 146 cm³/mol. The Labute approximate surface area is 233 Å². The number of benzene rings is 1. The van der Waals surface area contributed by atoms with Gasteiger partial charge in [-0.2, -0.15) is 0 Å². The summed E-state index contributed by atoms with van der Waals surface area (Å²) in [7, 11) is 0. The van der Waals surface area contributed by atoms with Crippen LogP contribution in [0.25, 0.3) is 0 Å². The van der Waals surface area contributed by atoms with Crippen molar-refractivity contribution in [2.75, 3.05) is 6.54 Å². The molecule has 0 saturated carbocycles. The average molecular weight is 555 g/mol. The zero-order chi connectivity index (χ0) is 29.2. The van der Waals surface area contributed by atoms with Gasteiger partial charge in [-0.05, 0) is 23.8 Å². The maximum atomic E-state index is 13.4. The van der Waals surface area contributed by atoms with Gasteiger partial charge < -0.3 is 30.6 Å². The first-order valence-corrected chi connectivity index (χ1v) is 13.4. The van der Waals surface area contributed by atoms with Crippen LogP contribution in [0.5, 0.6) is 0 Å². The van der Waals surface area contributed by atoms with Crippen molar-refractivity contribution in [3.8, 4) is 0 Å². The van der Waals surface area contributed by atoms with Crippen molar-refractivity contribution in [2.45, 2.75) is 71.8 Å². The van der Waals surface area contributed by atoms with E-state index >= 15 is 0 Å². The lowest BCUT2D eigenvalue weighted by Crippen LogP contribution is -2.58. The Morgan fingerprint density at radius 3 is 2.48 bits per heavy atom. The van der Waals surface area contributed by atoms with E-state index in [1.54, 1.807) is 30.9 Å². The molecule has 12 nitrogen and oxygen atoms in total. The highest BCUT2D eigenvalue weighted by atomic mass is 16.5. The first-order chi connectivity index (χ1) is 19.0. The molecular formula is C28H38N6O6. The maximum absolute atomic E-state index is 13.4. The summed E-state index contributed by atoms with van der Waals surface area (Å²) in [6.45, 7) is 7.59. The van der Waals surface area contributed by atoms with Crippen LogP contribution in [0.4, 0.5) is 4.79 Å². The molecule has 2 bridgehead atoms. The summed E-state index contributed by atoms with van der Waals surface area (Å²) in [5.41, 5.74) is 1.55. The van der Waals surface area contributed by atoms with E-state index in [9.17, 15) is 24.0 Å². The Hall–Kier alpha value is -4.22. The van der Waals surface area contributed by atoms with Crippen molar-refractivity contribution >= 4 is 29.6 Å². The van der Waals surface area contributed by atoms with E-state index in [4.69, 9.17) is 4.74 Å². The molecule has 4 amide bonds. The molecule has 1 aliphatic rings. The molecule has 1 aromatic heterocycles. The van der Waals surface area contributed by atoms with Gasteiger partial charge in [0, 0.05) is 19.2 Å². The second-order valence-corrected chi connectivity index (χ2v) is 10.6. The highest BCUT2D eigenvalue weighted by Gasteiger charge is 2.33. The van der Waals surface area contributed by atoms with Crippen molar-refractivity contribution in [3.05, 3.63) is 54.1 Å². The molecular weight excluding hydrogens is 516 g/mol. The van der Waals surface area contributed by atoms with E-state index in [-0.39, 0.29) is 38.0 Å². The van der Waals surface area contributed by atoms with E-state index in [0.29, 0.717) is 6.42 Å². The monoisotopic (exact) mass is 554 g/mol. The van der Waals surface area contributed by atoms with Crippen LogP contribution in [0.2, 0.25) is 0 Å². The standard InChI is InChI=1S/C28H38N6O6/c1-17(2)12-21(25(36)32-22-14-34-13-20(30-16-34)10-11-29-27(38)24(22)35)31-26(37)23(18(3)4)33-28(39)40-15-19-8-6-5-7-9-19/h5-9,13,16-18,21-23H,10-12,14-15H2,1-4H3,(H,29,38)(H,31,37)(H,32,36)(H,33,39). The van der Waals surface area contributed by atoms with E-state index in [0.717, 1.165) is 11.3 Å². The normalized spacial score (nSPS) is 17.0. The fraction of sp³-hybridized carbons (Fsp3) is 0.500. The smallest absolute Gasteiger partial charge is 0.408 e. The lowest BCUT2D eigenvalue weighted by atomic mass is 9.99. The minimum Gasteiger partial charge on any atom is -0.445 e. The number of Topliss-reactive ketones (excluding diaryl/α,β-unsaturated/α-hetero) is 1. The Balaban J connectivity index is 1.68. The van der Waals surface area contributed by atoms with Gasteiger partial charge in [0.25, 0.3) is 5.91 Å². The molecule has 3 atom stereocenters. The van der Waals surface area contributed by atoms with Crippen LogP contribution >= 0.6 is 0 Å². The average Bonchev–Trinajstić information content (AvgIpc) is 3.35. The molecule has 216 valence electrons. The molecule has 3 unspecified atom stereocenters. The number of imidazole rings is 1. The van der Waals surface area contributed by atoms with Gasteiger partial charge in [0.1, 0.15) is 24.7 Å². The Morgan fingerprint density at radius 2 is 1.80 bits per heavy atom. The lowest BCUT2D eigenvalue weighted by Gasteiger charge is -2.27. The minimum absolute atomic E-state index is 0.0107. The van der Waals surface area contributed by atoms with Crippen LogP contribution in [-0.4, -0.2) is 63.8 Å². The summed E-state index contributed by atoms with van der Waals surface area (Å²) in [5, 5.41) is 10.5. The molecule has 0 fully saturated rings. The Morgan fingerprint density at radius 1 is 1.07 bits per heavy atom. The fourth-order valence-electron chi connectivity index (χ4n) is 4.25. The molecule has 0 spiro atoms. The molecule has 0 aliphatic carbocycles. The first-order valence-electron chi connectivity index (χ1n) is 13.4. The van der Waals surface area contributed by atoms with Gasteiger partial charge in [0.05, 0.1) is 18.6 Å². The van der Waals surface area contributed by atoms with Crippen LogP contribution in [0, 0.1) is 11.8 Å². The number of ketones is 1. The summed E-state index contributed by atoms with van der Waals surface area (Å²) < 4.78 is 6.90. The number of nitrogens with zero attached hydrogens (tertiary/aromatic N) is 2. The molecule has 3 rings (SSSR count). The topological polar surface area (TPSA) is 161 Å². The number of ether oxygens (including phenoxy) is 1. The van der Waals surface area contributed by atoms with Crippen molar-refractivity contribution in [3.63, 3.8) is 0 Å². The molecule has 12 heteroatoms. The zero-order valence-corrected chi connectivity index (χ0v) is 23.3. The second-order valence-electron chi connectivity index (χ2n) is 10.6. The van der Waals surface area contributed by atoms with E-state index in [1.807, 2.05) is 44.2 Å². The third kappa shape index (κ3) is 8.92. The molecule has 0 radical (unpaired) electrons. The summed E-state index contributed by atoms with van der Waals surface area (Å²) in [6, 6.07) is 5.98. The number of carbonyl (C=O) groups is 5. The van der Waals surface area contributed by atoms with Crippen molar-refractivity contribution in [2.24, 2.45) is 11.8 Å². The van der Waals surface area contributed by atoms with Crippen molar-refractivity contribution < 1.29 is 28.7 Å². The number of hydrogen-bond donors (Lipinski definition) is 4. The van der Waals surface area contributed by atoms with Gasteiger partial charge in [-0.3, -0.25) is 19.2 Å². The van der Waals surface area contributed by atoms with Crippen LogP contribution in [0.1, 0.15) is 45.4 Å². The van der Waals surface area contributed by atoms with Crippen molar-refractivity contribution in [1.82, 2.24) is 30.8 Å². The van der Waals surface area contributed by atoms with Gasteiger partial charge in [0.2, 0.25) is 17.6 Å². The number of aromatic nitrogens is 2. The quantitative estimate of drug-likeness (QED) is 0.320. The molecule has 2 aromatic rings. The highest BCUT2D eigenvalue weighted by molar-refractivity contribution is 6.38. The predicted octanol–water partition coefficient (Wildman–Crippen LogP) is 1.09. The Kier molecular flexibility index (Phi) is 10.8. The second kappa shape index (κ2) is 14.2. The highest BCUT2D eigenvalue weighted by Crippen LogP contribution is 2.10. The zero-order valence-electron chi connectivity index (χ0n) is 23.3. The number of alkyl carbamates (subject to hydrolysis) is 1. The molecule has 1 aromatic carbocycles. The Bertz CT molecular complexity index is 1190. The SMILES string of the molecule is CC(C)CC(NC(=O)C(NC(=O)OCc1ccccc1)C(C)C)C(=O)NC1Cn2cnc(c2)CCNC(=O)C1=O. The molecule has 4 N–H and O–H groups in total. The molecule has 0 saturated heterocycles. The van der Waals surface area contributed by atoms with Gasteiger partial charge in [-0.25, -0.2) is 9.78 Å². The summed E-state index contributed by atoms with van der Waals surface area (Å²) >= 11 is 0. The third-order valence-corrected chi connectivity index (χ3v) is 6.38. The molecule has 2 heterocycles. The summed E-state index contributed by atoms with van der Waals surface area (Å²) in [4.78, 5) is 68.6. The minimum atomic E-state index is -1.16. The lowest BCUT2D eigenvalue weighted by molar-refractivity contribution is -0.140. The fourth-order valence-corrected chi connectivity index (χ4v) is 4.25. The van der Waals surface area contributed by atoms with Crippen LogP contribution in [-0.2, 0) is 43.5 Å². The number of hydrogen-bond acceptors (Lipinski definition) is 7. The maximum Gasteiger partial charge on any atom is 0.408 e. The number of nitrogens with one attached hydrogen (secondary N) is 4. The van der Waals surface area contributed by atoms with E-state index in [2.05, 4.69) is 26.3 Å². The van der Waals surface area contributed by atoms with Crippen molar-refractivity contribution in [1.29, 1.82) is 0 Å².